The van der Waals surface area contributed by atoms with Crippen molar-refractivity contribution in [2.75, 3.05) is 26.3 Å². The van der Waals surface area contributed by atoms with E-state index in [0.717, 1.165) is 31.5 Å². The molecule has 0 aromatic heterocycles. The van der Waals surface area contributed by atoms with E-state index in [1.54, 1.807) is 12.1 Å². The predicted octanol–water partition coefficient (Wildman–Crippen LogP) is 1.74. The third kappa shape index (κ3) is 3.68. The van der Waals surface area contributed by atoms with E-state index in [1.807, 2.05) is 0 Å². The van der Waals surface area contributed by atoms with Crippen LogP contribution in [0, 0.1) is 11.7 Å². The number of halogens is 1. The summed E-state index contributed by atoms with van der Waals surface area (Å²) < 4.78 is 19.3. The minimum Gasteiger partial charge on any atom is -0.490 e. The van der Waals surface area contributed by atoms with Crippen LogP contribution in [0.15, 0.2) is 18.2 Å². The Labute approximate surface area is 107 Å². The van der Waals surface area contributed by atoms with Crippen LogP contribution in [0.3, 0.4) is 0 Å². The van der Waals surface area contributed by atoms with Crippen molar-refractivity contribution in [2.45, 2.75) is 19.3 Å². The molecule has 1 heterocycles. The molecule has 4 heteroatoms. The molecule has 0 amide bonds. The van der Waals surface area contributed by atoms with Gasteiger partial charge in [0.1, 0.15) is 0 Å². The number of aliphatic hydroxyl groups is 1. The second-order valence-electron chi connectivity index (χ2n) is 4.74. The summed E-state index contributed by atoms with van der Waals surface area (Å²) in [6.45, 7) is 2.66. The summed E-state index contributed by atoms with van der Waals surface area (Å²) in [4.78, 5) is 0. The number of nitrogens with one attached hydrogen (secondary N) is 1. The zero-order valence-corrected chi connectivity index (χ0v) is 10.5. The van der Waals surface area contributed by atoms with Crippen LogP contribution in [0.25, 0.3) is 0 Å². The topological polar surface area (TPSA) is 41.5 Å². The molecule has 2 rings (SSSR count). The van der Waals surface area contributed by atoms with Crippen LogP contribution in [0.1, 0.15) is 18.4 Å². The minimum atomic E-state index is -0.338. The Hall–Kier alpha value is -1.13. The number of piperidine rings is 1. The van der Waals surface area contributed by atoms with E-state index in [9.17, 15) is 4.39 Å². The normalized spacial score (nSPS) is 16.8. The van der Waals surface area contributed by atoms with Crippen LogP contribution in [-0.2, 0) is 6.42 Å². The molecule has 1 aliphatic heterocycles. The quantitative estimate of drug-likeness (QED) is 0.840. The predicted molar refractivity (Wildman–Crippen MR) is 68.3 cm³/mol. The molecule has 1 fully saturated rings. The molecule has 0 unspecified atom stereocenters. The van der Waals surface area contributed by atoms with Crippen molar-refractivity contribution in [1.82, 2.24) is 5.32 Å². The zero-order valence-electron chi connectivity index (χ0n) is 10.5. The van der Waals surface area contributed by atoms with Crippen molar-refractivity contribution in [3.05, 3.63) is 29.6 Å². The molecule has 1 saturated heterocycles. The first-order valence-electron chi connectivity index (χ1n) is 6.52. The maximum atomic E-state index is 13.7. The third-order valence-electron chi connectivity index (χ3n) is 3.33. The molecule has 0 bridgehead atoms. The fraction of sp³-hybridized carbons (Fsp3) is 0.571. The van der Waals surface area contributed by atoms with Crippen molar-refractivity contribution >= 4 is 0 Å². The van der Waals surface area contributed by atoms with Gasteiger partial charge < -0.3 is 15.2 Å². The first kappa shape index (κ1) is 13.3. The summed E-state index contributed by atoms with van der Waals surface area (Å²) in [7, 11) is 0. The molecule has 1 aliphatic rings. The first-order chi connectivity index (χ1) is 8.79. The lowest BCUT2D eigenvalue weighted by Gasteiger charge is -2.22. The Bertz CT molecular complexity index is 378. The van der Waals surface area contributed by atoms with Gasteiger partial charge in [0.05, 0.1) is 6.61 Å². The van der Waals surface area contributed by atoms with Gasteiger partial charge >= 0.3 is 0 Å². The fourth-order valence-electron chi connectivity index (χ4n) is 2.20. The number of benzene rings is 1. The highest BCUT2D eigenvalue weighted by molar-refractivity contribution is 5.29. The van der Waals surface area contributed by atoms with Gasteiger partial charge in [-0.15, -0.1) is 0 Å². The average Bonchev–Trinajstić information content (AvgIpc) is 2.39. The Kier molecular flexibility index (Phi) is 4.96. The fourth-order valence-corrected chi connectivity index (χ4v) is 2.20. The summed E-state index contributed by atoms with van der Waals surface area (Å²) in [6.07, 6.45) is 2.65. The van der Waals surface area contributed by atoms with Gasteiger partial charge in [0.25, 0.3) is 0 Å². The largest absolute Gasteiger partial charge is 0.490 e. The number of aliphatic hydroxyl groups excluding tert-OH is 1. The number of hydrogen-bond donors (Lipinski definition) is 2. The molecule has 1 aromatic carbocycles. The maximum absolute atomic E-state index is 13.7. The number of rotatable bonds is 5. The van der Waals surface area contributed by atoms with Crippen LogP contribution in [-0.4, -0.2) is 31.4 Å². The summed E-state index contributed by atoms with van der Waals surface area (Å²) in [5.41, 5.74) is 0.796. The van der Waals surface area contributed by atoms with E-state index in [-0.39, 0.29) is 12.4 Å². The van der Waals surface area contributed by atoms with Gasteiger partial charge in [0, 0.05) is 6.61 Å². The highest BCUT2D eigenvalue weighted by atomic mass is 19.1. The number of hydrogen-bond acceptors (Lipinski definition) is 3. The van der Waals surface area contributed by atoms with Crippen molar-refractivity contribution in [2.24, 2.45) is 5.92 Å². The molecule has 0 radical (unpaired) electrons. The molecular formula is C14H20FNO2. The second kappa shape index (κ2) is 6.71. The number of ether oxygens (including phenoxy) is 1. The third-order valence-corrected chi connectivity index (χ3v) is 3.33. The van der Waals surface area contributed by atoms with E-state index < -0.39 is 0 Å². The Morgan fingerprint density at radius 3 is 2.78 bits per heavy atom. The smallest absolute Gasteiger partial charge is 0.165 e. The van der Waals surface area contributed by atoms with Crippen molar-refractivity contribution in [3.63, 3.8) is 0 Å². The lowest BCUT2D eigenvalue weighted by Crippen LogP contribution is -2.30. The van der Waals surface area contributed by atoms with Crippen molar-refractivity contribution in [3.8, 4) is 5.75 Å². The van der Waals surface area contributed by atoms with E-state index in [4.69, 9.17) is 9.84 Å². The monoisotopic (exact) mass is 253 g/mol. The van der Waals surface area contributed by atoms with Crippen molar-refractivity contribution in [1.29, 1.82) is 0 Å². The summed E-state index contributed by atoms with van der Waals surface area (Å²) in [6, 6.07) is 4.90. The molecule has 0 aliphatic carbocycles. The van der Waals surface area contributed by atoms with Crippen LogP contribution in [0.2, 0.25) is 0 Å². The standard InChI is InChI=1S/C14H20FNO2/c15-13-9-11(5-8-17)1-2-14(13)18-10-12-3-6-16-7-4-12/h1-2,9,12,16-17H,3-8,10H2. The van der Waals surface area contributed by atoms with Gasteiger partial charge in [0.2, 0.25) is 0 Å². The summed E-state index contributed by atoms with van der Waals surface area (Å²) in [5.74, 6) is 0.493. The maximum Gasteiger partial charge on any atom is 0.165 e. The minimum absolute atomic E-state index is 0.0364. The van der Waals surface area contributed by atoms with Crippen molar-refractivity contribution < 1.29 is 14.2 Å². The molecule has 0 atom stereocenters. The lowest BCUT2D eigenvalue weighted by atomic mass is 9.99. The molecule has 3 nitrogen and oxygen atoms in total. The van der Waals surface area contributed by atoms with Gasteiger partial charge in [-0.3, -0.25) is 0 Å². The summed E-state index contributed by atoms with van der Waals surface area (Å²) in [5, 5.41) is 12.1. The Morgan fingerprint density at radius 2 is 2.11 bits per heavy atom. The second-order valence-corrected chi connectivity index (χ2v) is 4.74. The summed E-state index contributed by atoms with van der Waals surface area (Å²) >= 11 is 0. The van der Waals surface area contributed by atoms with Crippen LogP contribution in [0.5, 0.6) is 5.75 Å². The molecular weight excluding hydrogens is 233 g/mol. The van der Waals surface area contributed by atoms with Crippen LogP contribution in [0.4, 0.5) is 4.39 Å². The zero-order chi connectivity index (χ0) is 12.8. The highest BCUT2D eigenvalue weighted by Gasteiger charge is 2.14. The molecule has 1 aromatic rings. The highest BCUT2D eigenvalue weighted by Crippen LogP contribution is 2.21. The SMILES string of the molecule is OCCc1ccc(OCC2CCNCC2)c(F)c1. The lowest BCUT2D eigenvalue weighted by molar-refractivity contribution is 0.208. The molecule has 18 heavy (non-hydrogen) atoms. The van der Waals surface area contributed by atoms with Crippen LogP contribution < -0.4 is 10.1 Å². The van der Waals surface area contributed by atoms with Gasteiger partial charge in [-0.05, 0) is 56.0 Å². The molecule has 2 N–H and O–H groups in total. The van der Waals surface area contributed by atoms with E-state index in [1.165, 1.54) is 6.07 Å². The van der Waals surface area contributed by atoms with E-state index in [0.29, 0.717) is 24.7 Å². The Balaban J connectivity index is 1.88. The Morgan fingerprint density at radius 1 is 1.33 bits per heavy atom. The molecule has 0 saturated carbocycles. The van der Waals surface area contributed by atoms with Gasteiger partial charge in [-0.2, -0.15) is 0 Å². The average molecular weight is 253 g/mol. The molecule has 0 spiro atoms. The van der Waals surface area contributed by atoms with Crippen LogP contribution >= 0.6 is 0 Å². The molecule has 100 valence electrons. The van der Waals surface area contributed by atoms with E-state index >= 15 is 0 Å². The van der Waals surface area contributed by atoms with Gasteiger partial charge in [0.15, 0.2) is 11.6 Å². The first-order valence-corrected chi connectivity index (χ1v) is 6.52. The van der Waals surface area contributed by atoms with Gasteiger partial charge in [-0.25, -0.2) is 4.39 Å². The van der Waals surface area contributed by atoms with Gasteiger partial charge in [-0.1, -0.05) is 6.07 Å². The van der Waals surface area contributed by atoms with E-state index in [2.05, 4.69) is 5.32 Å².